The topological polar surface area (TPSA) is 190 Å². The van der Waals surface area contributed by atoms with Gasteiger partial charge in [0.25, 0.3) is 5.56 Å². The first-order chi connectivity index (χ1) is 20.0. The molecule has 14 nitrogen and oxygen atoms in total. The van der Waals surface area contributed by atoms with Crippen LogP contribution in [0, 0.1) is 5.92 Å². The Balaban J connectivity index is 1.94. The first-order valence-electron chi connectivity index (χ1n) is 13.3. The number of H-pyrrole nitrogens is 1. The highest BCUT2D eigenvalue weighted by molar-refractivity contribution is 9.10. The van der Waals surface area contributed by atoms with Gasteiger partial charge in [-0.15, -0.1) is 0 Å². The molecular weight excluding hydrogens is 675 g/mol. The molecule has 0 bridgehead atoms. The number of hydrogen-bond acceptors (Lipinski definition) is 11. The van der Waals surface area contributed by atoms with Gasteiger partial charge in [-0.05, 0) is 38.8 Å². The molecule has 2 heterocycles. The fourth-order valence-corrected chi connectivity index (χ4v) is 6.40. The quantitative estimate of drug-likeness (QED) is 0.157. The van der Waals surface area contributed by atoms with Crippen LogP contribution in [0.5, 0.6) is 5.75 Å². The van der Waals surface area contributed by atoms with Crippen molar-refractivity contribution in [2.24, 2.45) is 11.7 Å². The number of alkyl halides is 2. The Morgan fingerprint density at radius 1 is 1.16 bits per heavy atom. The summed E-state index contributed by atoms with van der Waals surface area (Å²) >= 11 is 10.1. The fourth-order valence-electron chi connectivity index (χ4n) is 3.84. The Bertz CT molecular complexity index is 1440. The van der Waals surface area contributed by atoms with E-state index in [4.69, 9.17) is 40.6 Å². The predicted octanol–water partition coefficient (Wildman–Crippen LogP) is 2.79. The zero-order chi connectivity index (χ0) is 32.1. The Hall–Kier alpha value is -2.52. The number of aromatic amines is 1. The van der Waals surface area contributed by atoms with E-state index in [-0.39, 0.29) is 11.7 Å². The summed E-state index contributed by atoms with van der Waals surface area (Å²) in [6.45, 7) is 7.60. The van der Waals surface area contributed by atoms with E-state index in [0.717, 1.165) is 16.8 Å². The summed E-state index contributed by atoms with van der Waals surface area (Å²) in [7, 11) is -4.36. The van der Waals surface area contributed by atoms with Gasteiger partial charge >= 0.3 is 25.4 Å². The van der Waals surface area contributed by atoms with Crippen LogP contribution in [0.25, 0.3) is 0 Å². The summed E-state index contributed by atoms with van der Waals surface area (Å²) in [5.74, 6) is -1.66. The number of esters is 2. The Labute approximate surface area is 261 Å². The van der Waals surface area contributed by atoms with Crippen molar-refractivity contribution in [1.29, 1.82) is 0 Å². The SMILES string of the molecule is CC(C)OC(=O)[C@@H](C)N[P@](=O)(OC[C@H]1OC(n2ccc(=O)[nH]c2=O)[C@](Cl)(Br)[C@@H]1OC(=O)[C@@H](N)C(C)C)Oc1ccccc1. The van der Waals surface area contributed by atoms with Crippen LogP contribution < -0.4 is 26.6 Å². The molecule has 1 aliphatic heterocycles. The number of para-hydroxylation sites is 1. The van der Waals surface area contributed by atoms with Gasteiger partial charge in [0.15, 0.2) is 16.1 Å². The summed E-state index contributed by atoms with van der Waals surface area (Å²) < 4.78 is 41.4. The molecule has 2 aromatic rings. The van der Waals surface area contributed by atoms with Crippen molar-refractivity contribution in [3.63, 3.8) is 0 Å². The maximum atomic E-state index is 14.0. The molecule has 0 saturated carbocycles. The highest BCUT2D eigenvalue weighted by Crippen LogP contribution is 2.51. The molecule has 4 N–H and O–H groups in total. The van der Waals surface area contributed by atoms with Crippen molar-refractivity contribution in [3.8, 4) is 5.75 Å². The van der Waals surface area contributed by atoms with Crippen molar-refractivity contribution in [1.82, 2.24) is 14.6 Å². The molecular formula is C26H35BrClN4O10P. The van der Waals surface area contributed by atoms with E-state index < -0.39 is 77.9 Å². The largest absolute Gasteiger partial charge is 0.462 e. The van der Waals surface area contributed by atoms with Gasteiger partial charge < -0.3 is 24.5 Å². The number of ether oxygens (including phenoxy) is 3. The molecule has 238 valence electrons. The standard InChI is InChI=1S/C26H35BrClN4O10P/c1-14(2)20(29)23(35)41-21-18(40-24(26(21,27)28)32-12-11-19(33)30-25(32)36)13-38-43(37,42-17-9-7-6-8-10-17)31-16(5)22(34)39-15(3)4/h6-12,14-16,18,20-21,24H,13,29H2,1-5H3,(H,31,37)(H,30,33,36)/t16-,18-,20+,21-,24?,26+,43+/m1/s1. The zero-order valence-corrected chi connectivity index (χ0v) is 27.3. The molecule has 0 aliphatic carbocycles. The second-order valence-electron chi connectivity index (χ2n) is 10.4. The second-order valence-corrected chi connectivity index (χ2v) is 14.5. The van der Waals surface area contributed by atoms with Crippen molar-refractivity contribution in [2.75, 3.05) is 6.61 Å². The number of nitrogens with one attached hydrogen (secondary N) is 2. The number of carbonyl (C=O) groups excluding carboxylic acids is 2. The maximum Gasteiger partial charge on any atom is 0.459 e. The number of nitrogens with zero attached hydrogens (tertiary/aromatic N) is 1. The minimum absolute atomic E-state index is 0.158. The van der Waals surface area contributed by atoms with E-state index in [1.807, 2.05) is 0 Å². The Kier molecular flexibility index (Phi) is 11.8. The van der Waals surface area contributed by atoms with Gasteiger partial charge in [-0.25, -0.2) is 9.36 Å². The minimum Gasteiger partial charge on any atom is -0.462 e. The van der Waals surface area contributed by atoms with Gasteiger partial charge in [0.1, 0.15) is 23.9 Å². The minimum atomic E-state index is -4.36. The molecule has 3 rings (SSSR count). The van der Waals surface area contributed by atoms with Crippen molar-refractivity contribution >= 4 is 47.2 Å². The van der Waals surface area contributed by atoms with Crippen LogP contribution in [0.2, 0.25) is 0 Å². The van der Waals surface area contributed by atoms with Gasteiger partial charge in [0.05, 0.1) is 12.7 Å². The summed E-state index contributed by atoms with van der Waals surface area (Å²) in [4.78, 5) is 51.7. The molecule has 0 amide bonds. The van der Waals surface area contributed by atoms with E-state index in [2.05, 4.69) is 26.0 Å². The fraction of sp³-hybridized carbons (Fsp3) is 0.538. The van der Waals surface area contributed by atoms with Crippen LogP contribution in [-0.4, -0.2) is 62.3 Å². The monoisotopic (exact) mass is 708 g/mol. The molecule has 7 atom stereocenters. The molecule has 1 aromatic carbocycles. The third-order valence-electron chi connectivity index (χ3n) is 6.12. The highest BCUT2D eigenvalue weighted by Gasteiger charge is 2.59. The number of halogens is 2. The summed E-state index contributed by atoms with van der Waals surface area (Å²) in [5.41, 5.74) is 4.47. The van der Waals surface area contributed by atoms with E-state index in [1.54, 1.807) is 45.9 Å². The number of nitrogens with two attached hydrogens (primary N) is 1. The zero-order valence-electron chi connectivity index (χ0n) is 24.1. The molecule has 1 saturated heterocycles. The molecule has 1 aliphatic rings. The number of benzene rings is 1. The third-order valence-corrected chi connectivity index (χ3v) is 9.01. The van der Waals surface area contributed by atoms with E-state index in [1.165, 1.54) is 19.1 Å². The second kappa shape index (κ2) is 14.5. The molecule has 0 radical (unpaired) electrons. The van der Waals surface area contributed by atoms with E-state index in [9.17, 15) is 23.7 Å². The van der Waals surface area contributed by atoms with Gasteiger partial charge in [0, 0.05) is 12.3 Å². The van der Waals surface area contributed by atoms with E-state index >= 15 is 0 Å². The number of rotatable bonds is 13. The normalized spacial score (nSPS) is 24.7. The summed E-state index contributed by atoms with van der Waals surface area (Å²) in [5, 5.41) is 2.55. The number of aromatic nitrogens is 2. The Morgan fingerprint density at radius 2 is 1.81 bits per heavy atom. The number of carbonyl (C=O) groups is 2. The first-order valence-corrected chi connectivity index (χ1v) is 16.0. The van der Waals surface area contributed by atoms with Crippen LogP contribution in [-0.2, 0) is 32.9 Å². The maximum absolute atomic E-state index is 14.0. The lowest BCUT2D eigenvalue weighted by molar-refractivity contribution is -0.155. The lowest BCUT2D eigenvalue weighted by Crippen LogP contribution is -2.47. The van der Waals surface area contributed by atoms with Crippen molar-refractivity contribution in [2.45, 2.75) is 75.0 Å². The first kappa shape index (κ1) is 35.0. The summed E-state index contributed by atoms with van der Waals surface area (Å²) in [6, 6.07) is 6.98. The molecule has 1 unspecified atom stereocenters. The van der Waals surface area contributed by atoms with Crippen LogP contribution in [0.3, 0.4) is 0 Å². The van der Waals surface area contributed by atoms with E-state index in [0.29, 0.717) is 0 Å². The molecule has 17 heteroatoms. The van der Waals surface area contributed by atoms with Gasteiger partial charge in [-0.1, -0.05) is 59.6 Å². The average molecular weight is 710 g/mol. The van der Waals surface area contributed by atoms with Crippen LogP contribution in [0.15, 0.2) is 52.2 Å². The molecule has 43 heavy (non-hydrogen) atoms. The predicted molar refractivity (Wildman–Crippen MR) is 160 cm³/mol. The molecule has 1 aromatic heterocycles. The highest BCUT2D eigenvalue weighted by atomic mass is 79.9. The lowest BCUT2D eigenvalue weighted by Gasteiger charge is -2.29. The van der Waals surface area contributed by atoms with Crippen LogP contribution in [0.4, 0.5) is 0 Å². The number of hydrogen-bond donors (Lipinski definition) is 3. The average Bonchev–Trinajstić information content (AvgIpc) is 3.16. The molecule has 1 fully saturated rings. The molecule has 0 spiro atoms. The summed E-state index contributed by atoms with van der Waals surface area (Å²) in [6.07, 6.45) is -3.28. The Morgan fingerprint density at radius 3 is 2.40 bits per heavy atom. The van der Waals surface area contributed by atoms with Crippen LogP contribution >= 0.6 is 35.3 Å². The van der Waals surface area contributed by atoms with Gasteiger partial charge in [-0.2, -0.15) is 5.09 Å². The lowest BCUT2D eigenvalue weighted by atomic mass is 10.1. The van der Waals surface area contributed by atoms with Crippen molar-refractivity contribution in [3.05, 3.63) is 63.4 Å². The van der Waals surface area contributed by atoms with Crippen LogP contribution in [0.1, 0.15) is 40.8 Å². The smallest absolute Gasteiger partial charge is 0.459 e. The van der Waals surface area contributed by atoms with Gasteiger partial charge in [-0.3, -0.25) is 28.5 Å². The van der Waals surface area contributed by atoms with Crippen molar-refractivity contribution < 1.29 is 37.4 Å². The van der Waals surface area contributed by atoms with Gasteiger partial charge in [0.2, 0.25) is 0 Å². The third kappa shape index (κ3) is 9.00.